The molecule has 0 aromatic heterocycles. The third-order valence-corrected chi connectivity index (χ3v) is 4.96. The largest absolute Gasteiger partial charge is 0.326 e. The highest BCUT2D eigenvalue weighted by molar-refractivity contribution is 9.10. The number of rotatable bonds is 3. The molecule has 0 atom stereocenters. The molecule has 1 heterocycles. The molecule has 1 aliphatic rings. The Morgan fingerprint density at radius 1 is 1.22 bits per heavy atom. The van der Waals surface area contributed by atoms with E-state index in [-0.39, 0.29) is 11.3 Å². The van der Waals surface area contributed by atoms with Gasteiger partial charge in [-0.05, 0) is 35.7 Å². The molecule has 4 nitrogen and oxygen atoms in total. The van der Waals surface area contributed by atoms with Crippen LogP contribution in [0.3, 0.4) is 0 Å². The molecule has 0 saturated carbocycles. The van der Waals surface area contributed by atoms with Gasteiger partial charge < -0.3 is 10.2 Å². The zero-order valence-corrected chi connectivity index (χ0v) is 16.5. The minimum absolute atomic E-state index is 0.0215. The van der Waals surface area contributed by atoms with Crippen molar-refractivity contribution in [2.24, 2.45) is 0 Å². The van der Waals surface area contributed by atoms with E-state index in [1.54, 1.807) is 6.92 Å². The molecule has 1 aliphatic heterocycles. The summed E-state index contributed by atoms with van der Waals surface area (Å²) >= 11 is 3.72. The second-order valence-corrected chi connectivity index (χ2v) is 8.35. The predicted octanol–water partition coefficient (Wildman–Crippen LogP) is 3.45. The van der Waals surface area contributed by atoms with Gasteiger partial charge in [-0.2, -0.15) is 0 Å². The number of hydrogen-bond donors (Lipinski definition) is 1. The molecule has 2 rings (SSSR count). The molecule has 1 fully saturated rings. The summed E-state index contributed by atoms with van der Waals surface area (Å²) in [5, 5.41) is 3.01. The number of halogens is 1. The predicted molar refractivity (Wildman–Crippen MR) is 99.9 cm³/mol. The first-order chi connectivity index (χ1) is 10.7. The average Bonchev–Trinajstić information content (AvgIpc) is 2.42. The smallest absolute Gasteiger partial charge is 0.221 e. The number of carbonyl (C=O) groups excluding carboxylic acids is 1. The first-order valence-corrected chi connectivity index (χ1v) is 8.97. The Balaban J connectivity index is 2.29. The van der Waals surface area contributed by atoms with Gasteiger partial charge in [0.25, 0.3) is 0 Å². The Bertz CT molecular complexity index is 572. The van der Waals surface area contributed by atoms with Crippen molar-refractivity contribution in [3.8, 4) is 0 Å². The molecule has 1 aromatic carbocycles. The van der Waals surface area contributed by atoms with Gasteiger partial charge >= 0.3 is 0 Å². The minimum atomic E-state index is -0.0215. The van der Waals surface area contributed by atoms with Gasteiger partial charge in [0.15, 0.2) is 0 Å². The quantitative estimate of drug-likeness (QED) is 0.870. The first kappa shape index (κ1) is 18.4. The number of carbonyl (C=O) groups is 1. The van der Waals surface area contributed by atoms with Crippen LogP contribution < -0.4 is 5.32 Å². The second-order valence-electron chi connectivity index (χ2n) is 7.50. The van der Waals surface area contributed by atoms with Gasteiger partial charge in [-0.3, -0.25) is 9.69 Å². The fourth-order valence-electron chi connectivity index (χ4n) is 2.87. The van der Waals surface area contributed by atoms with Crippen LogP contribution in [0.25, 0.3) is 0 Å². The summed E-state index contributed by atoms with van der Waals surface area (Å²) in [6, 6.07) is 4.29. The van der Waals surface area contributed by atoms with Crippen molar-refractivity contribution in [3.05, 3.63) is 27.7 Å². The summed E-state index contributed by atoms with van der Waals surface area (Å²) in [5.41, 5.74) is 3.34. The lowest BCUT2D eigenvalue weighted by Crippen LogP contribution is -2.44. The van der Waals surface area contributed by atoms with E-state index in [4.69, 9.17) is 0 Å². The molecule has 1 saturated heterocycles. The van der Waals surface area contributed by atoms with Crippen LogP contribution in [0.1, 0.15) is 38.8 Å². The van der Waals surface area contributed by atoms with E-state index in [2.05, 4.69) is 71.0 Å². The van der Waals surface area contributed by atoms with E-state index < -0.39 is 0 Å². The zero-order valence-electron chi connectivity index (χ0n) is 14.9. The Morgan fingerprint density at radius 3 is 2.35 bits per heavy atom. The highest BCUT2D eigenvalue weighted by Gasteiger charge is 2.21. The van der Waals surface area contributed by atoms with Crippen LogP contribution in [0.4, 0.5) is 5.69 Å². The van der Waals surface area contributed by atoms with Crippen LogP contribution in [-0.2, 0) is 16.8 Å². The molecule has 0 bridgehead atoms. The number of hydrogen-bond acceptors (Lipinski definition) is 3. The number of amides is 1. The van der Waals surface area contributed by atoms with Crippen molar-refractivity contribution >= 4 is 27.5 Å². The molecule has 0 spiro atoms. The second kappa shape index (κ2) is 7.32. The summed E-state index contributed by atoms with van der Waals surface area (Å²) in [5.74, 6) is -0.0215. The number of likely N-dealkylation sites (N-methyl/N-ethyl adjacent to an activating group) is 1. The number of nitrogens with zero attached hydrogens (tertiary/aromatic N) is 2. The Hall–Kier alpha value is -0.910. The van der Waals surface area contributed by atoms with Crippen molar-refractivity contribution in [1.29, 1.82) is 0 Å². The van der Waals surface area contributed by atoms with Crippen LogP contribution >= 0.6 is 15.9 Å². The van der Waals surface area contributed by atoms with Crippen molar-refractivity contribution in [2.45, 2.75) is 39.7 Å². The first-order valence-electron chi connectivity index (χ1n) is 8.18. The number of piperazine rings is 1. The standard InChI is InChI=1S/C18H28BrN3O/c1-13(23)20-17-11-15(18(2,3)4)16(19)10-14(17)12-22-8-6-21(5)7-9-22/h10-11H,6-9,12H2,1-5H3,(H,20,23). The maximum Gasteiger partial charge on any atom is 0.221 e. The molecule has 1 aromatic rings. The van der Waals surface area contributed by atoms with Crippen LogP contribution in [0, 0.1) is 0 Å². The molecule has 0 radical (unpaired) electrons. The van der Waals surface area contributed by atoms with Crippen molar-refractivity contribution in [2.75, 3.05) is 38.5 Å². The molecule has 128 valence electrons. The normalized spacial score (nSPS) is 17.3. The van der Waals surface area contributed by atoms with Gasteiger partial charge in [-0.1, -0.05) is 36.7 Å². The van der Waals surface area contributed by atoms with Gasteiger partial charge in [-0.15, -0.1) is 0 Å². The lowest BCUT2D eigenvalue weighted by Gasteiger charge is -2.33. The highest BCUT2D eigenvalue weighted by atomic mass is 79.9. The third-order valence-electron chi connectivity index (χ3n) is 4.30. The number of benzene rings is 1. The van der Waals surface area contributed by atoms with E-state index in [9.17, 15) is 4.79 Å². The average molecular weight is 382 g/mol. The van der Waals surface area contributed by atoms with Gasteiger partial charge in [-0.25, -0.2) is 0 Å². The molecule has 5 heteroatoms. The van der Waals surface area contributed by atoms with Crippen molar-refractivity contribution < 1.29 is 4.79 Å². The van der Waals surface area contributed by atoms with Crippen LogP contribution in [0.15, 0.2) is 16.6 Å². The van der Waals surface area contributed by atoms with E-state index >= 15 is 0 Å². The van der Waals surface area contributed by atoms with Crippen LogP contribution in [-0.4, -0.2) is 48.9 Å². The Morgan fingerprint density at radius 2 is 1.83 bits per heavy atom. The van der Waals surface area contributed by atoms with Gasteiger partial charge in [0.2, 0.25) is 5.91 Å². The van der Waals surface area contributed by atoms with Gasteiger partial charge in [0.05, 0.1) is 0 Å². The summed E-state index contributed by atoms with van der Waals surface area (Å²) in [4.78, 5) is 16.4. The third kappa shape index (κ3) is 5.03. The maximum atomic E-state index is 11.6. The maximum absolute atomic E-state index is 11.6. The topological polar surface area (TPSA) is 35.6 Å². The summed E-state index contributed by atoms with van der Waals surface area (Å²) in [6.45, 7) is 13.3. The van der Waals surface area contributed by atoms with Crippen LogP contribution in [0.2, 0.25) is 0 Å². The van der Waals surface area contributed by atoms with Gasteiger partial charge in [0.1, 0.15) is 0 Å². The Kier molecular flexibility index (Phi) is 5.87. The van der Waals surface area contributed by atoms with Crippen LogP contribution in [0.5, 0.6) is 0 Å². The van der Waals surface area contributed by atoms with E-state index in [0.717, 1.165) is 42.9 Å². The lowest BCUT2D eigenvalue weighted by atomic mass is 9.86. The van der Waals surface area contributed by atoms with E-state index in [1.165, 1.54) is 11.1 Å². The minimum Gasteiger partial charge on any atom is -0.326 e. The molecule has 23 heavy (non-hydrogen) atoms. The Labute approximate surface area is 148 Å². The van der Waals surface area contributed by atoms with E-state index in [0.29, 0.717) is 0 Å². The fraction of sp³-hybridized carbons (Fsp3) is 0.611. The summed E-state index contributed by atoms with van der Waals surface area (Å²) < 4.78 is 1.11. The molecule has 1 amide bonds. The van der Waals surface area contributed by atoms with Crippen molar-refractivity contribution in [3.63, 3.8) is 0 Å². The molecule has 0 aliphatic carbocycles. The summed E-state index contributed by atoms with van der Waals surface area (Å²) in [6.07, 6.45) is 0. The monoisotopic (exact) mass is 381 g/mol. The number of nitrogens with one attached hydrogen (secondary N) is 1. The molecule has 1 N–H and O–H groups in total. The molecular formula is C18H28BrN3O. The van der Waals surface area contributed by atoms with Gasteiger partial charge in [0, 0.05) is 49.8 Å². The summed E-state index contributed by atoms with van der Waals surface area (Å²) in [7, 11) is 2.16. The zero-order chi connectivity index (χ0) is 17.2. The lowest BCUT2D eigenvalue weighted by molar-refractivity contribution is -0.114. The number of anilines is 1. The SMILES string of the molecule is CC(=O)Nc1cc(C(C)(C)C)c(Br)cc1CN1CCN(C)CC1. The molecular weight excluding hydrogens is 354 g/mol. The highest BCUT2D eigenvalue weighted by Crippen LogP contribution is 2.34. The fourth-order valence-corrected chi connectivity index (χ4v) is 3.86. The molecule has 0 unspecified atom stereocenters. The van der Waals surface area contributed by atoms with Crippen molar-refractivity contribution in [1.82, 2.24) is 9.80 Å². The van der Waals surface area contributed by atoms with E-state index in [1.807, 2.05) is 0 Å².